The molecule has 2 aliphatic heterocycles. The molecule has 2 aliphatic rings. The molecule has 134 valence electrons. The summed E-state index contributed by atoms with van der Waals surface area (Å²) in [7, 11) is 0. The summed E-state index contributed by atoms with van der Waals surface area (Å²) in [4.78, 5) is 0. The molecule has 5 atom stereocenters. The van der Waals surface area contributed by atoms with Crippen LogP contribution >= 0.6 is 0 Å². The maximum atomic E-state index is 10.5. The summed E-state index contributed by atoms with van der Waals surface area (Å²) >= 11 is 0. The number of aliphatic hydroxyl groups is 2. The Hall–Kier alpha value is -1.22. The Labute approximate surface area is 141 Å². The Balaban J connectivity index is 1.71. The van der Waals surface area contributed by atoms with Gasteiger partial charge in [0.1, 0.15) is 30.2 Å². The van der Waals surface area contributed by atoms with Gasteiger partial charge in [0, 0.05) is 0 Å². The lowest BCUT2D eigenvalue weighted by atomic mass is 9.99. The number of ether oxygens (including phenoxy) is 4. The molecule has 4 N–H and O–H groups in total. The van der Waals surface area contributed by atoms with Crippen LogP contribution < -0.4 is 10.5 Å². The van der Waals surface area contributed by atoms with Crippen LogP contribution in [0.25, 0.3) is 0 Å². The zero-order valence-corrected chi connectivity index (χ0v) is 13.9. The number of rotatable bonds is 5. The Kier molecular flexibility index (Phi) is 5.10. The fraction of sp³-hybridized carbons (Fsp3) is 0.647. The number of fused-ring (bicyclic) bond motifs is 1. The van der Waals surface area contributed by atoms with E-state index in [2.05, 4.69) is 0 Å². The molecule has 0 aliphatic carbocycles. The van der Waals surface area contributed by atoms with Crippen molar-refractivity contribution in [3.05, 3.63) is 29.8 Å². The van der Waals surface area contributed by atoms with Gasteiger partial charge in [-0.05, 0) is 44.5 Å². The van der Waals surface area contributed by atoms with Crippen LogP contribution in [0.5, 0.6) is 5.75 Å². The third kappa shape index (κ3) is 3.56. The molecule has 2 heterocycles. The average Bonchev–Trinajstić information content (AvgIpc) is 2.88. The van der Waals surface area contributed by atoms with Gasteiger partial charge >= 0.3 is 0 Å². The lowest BCUT2D eigenvalue weighted by Crippen LogP contribution is -2.58. The van der Waals surface area contributed by atoms with E-state index in [0.717, 1.165) is 12.0 Å². The Bertz CT molecular complexity index is 549. The van der Waals surface area contributed by atoms with Gasteiger partial charge in [-0.15, -0.1) is 0 Å². The second-order valence-electron chi connectivity index (χ2n) is 6.58. The molecule has 0 saturated carbocycles. The van der Waals surface area contributed by atoms with E-state index in [1.807, 2.05) is 12.1 Å². The first-order chi connectivity index (χ1) is 11.4. The maximum Gasteiger partial charge on any atom is 0.229 e. The van der Waals surface area contributed by atoms with E-state index >= 15 is 0 Å². The van der Waals surface area contributed by atoms with Crippen LogP contribution in [0, 0.1) is 0 Å². The molecule has 24 heavy (non-hydrogen) atoms. The van der Waals surface area contributed by atoms with Crippen molar-refractivity contribution in [1.29, 1.82) is 0 Å². The molecule has 7 heteroatoms. The summed E-state index contributed by atoms with van der Waals surface area (Å²) in [6.45, 7) is 3.86. The SMILES string of the molecule is CC1(C)OC2C(CO)OC(Oc3ccc(CCN)cc3)C(O)C2O1. The lowest BCUT2D eigenvalue weighted by Gasteiger charge is -2.39. The zero-order valence-electron chi connectivity index (χ0n) is 13.9. The quantitative estimate of drug-likeness (QED) is 0.702. The number of nitrogens with two attached hydrogens (primary N) is 1. The first-order valence-corrected chi connectivity index (χ1v) is 8.19. The topological polar surface area (TPSA) is 103 Å². The zero-order chi connectivity index (χ0) is 17.3. The van der Waals surface area contributed by atoms with Crippen LogP contribution in [0.2, 0.25) is 0 Å². The molecule has 2 saturated heterocycles. The number of benzene rings is 1. The summed E-state index contributed by atoms with van der Waals surface area (Å²) in [5.41, 5.74) is 6.64. The van der Waals surface area contributed by atoms with Crippen LogP contribution in [0.1, 0.15) is 19.4 Å². The molecule has 2 fully saturated rings. The number of aliphatic hydroxyl groups excluding tert-OH is 2. The first kappa shape index (κ1) is 17.6. The second kappa shape index (κ2) is 6.95. The highest BCUT2D eigenvalue weighted by atomic mass is 16.8. The van der Waals surface area contributed by atoms with Crippen LogP contribution in [-0.2, 0) is 20.6 Å². The molecule has 3 rings (SSSR count). The summed E-state index contributed by atoms with van der Waals surface area (Å²) in [5, 5.41) is 20.1. The van der Waals surface area contributed by atoms with E-state index in [1.165, 1.54) is 0 Å². The number of hydrogen-bond donors (Lipinski definition) is 3. The highest BCUT2D eigenvalue weighted by molar-refractivity contribution is 5.27. The molecular weight excluding hydrogens is 314 g/mol. The van der Waals surface area contributed by atoms with Crippen molar-refractivity contribution in [3.8, 4) is 5.75 Å². The Morgan fingerprint density at radius 2 is 1.83 bits per heavy atom. The molecule has 7 nitrogen and oxygen atoms in total. The molecule has 1 aromatic carbocycles. The van der Waals surface area contributed by atoms with Crippen molar-refractivity contribution in [2.75, 3.05) is 13.2 Å². The van der Waals surface area contributed by atoms with E-state index in [4.69, 9.17) is 24.7 Å². The standard InChI is InChI=1S/C17H25NO6/c1-17(2)23-14-12(9-19)22-16(13(20)15(14)24-17)21-11-5-3-10(4-6-11)7-8-18/h3-6,12-16,19-20H,7-9,18H2,1-2H3. The van der Waals surface area contributed by atoms with Gasteiger partial charge in [-0.2, -0.15) is 0 Å². The van der Waals surface area contributed by atoms with Crippen LogP contribution in [0.15, 0.2) is 24.3 Å². The molecule has 0 spiro atoms. The molecule has 5 unspecified atom stereocenters. The van der Waals surface area contributed by atoms with Gasteiger partial charge in [0.25, 0.3) is 0 Å². The van der Waals surface area contributed by atoms with E-state index in [1.54, 1.807) is 26.0 Å². The van der Waals surface area contributed by atoms with Crippen molar-refractivity contribution < 1.29 is 29.2 Å². The van der Waals surface area contributed by atoms with Crippen molar-refractivity contribution in [1.82, 2.24) is 0 Å². The summed E-state index contributed by atoms with van der Waals surface area (Å²) < 4.78 is 22.9. The van der Waals surface area contributed by atoms with Crippen molar-refractivity contribution in [2.24, 2.45) is 5.73 Å². The van der Waals surface area contributed by atoms with Gasteiger partial charge in [0.15, 0.2) is 5.79 Å². The van der Waals surface area contributed by atoms with Crippen molar-refractivity contribution in [3.63, 3.8) is 0 Å². The smallest absolute Gasteiger partial charge is 0.229 e. The van der Waals surface area contributed by atoms with Crippen LogP contribution in [-0.4, -0.2) is 59.9 Å². The highest BCUT2D eigenvalue weighted by Crippen LogP contribution is 2.37. The van der Waals surface area contributed by atoms with E-state index in [-0.39, 0.29) is 6.61 Å². The van der Waals surface area contributed by atoms with E-state index in [9.17, 15) is 10.2 Å². The van der Waals surface area contributed by atoms with Crippen molar-refractivity contribution in [2.45, 2.75) is 56.8 Å². The fourth-order valence-electron chi connectivity index (χ4n) is 3.13. The Morgan fingerprint density at radius 1 is 1.17 bits per heavy atom. The minimum absolute atomic E-state index is 0.247. The third-order valence-corrected chi connectivity index (χ3v) is 4.24. The lowest BCUT2D eigenvalue weighted by molar-refractivity contribution is -0.254. The first-order valence-electron chi connectivity index (χ1n) is 8.19. The molecule has 0 bridgehead atoms. The van der Waals surface area contributed by atoms with Crippen LogP contribution in [0.3, 0.4) is 0 Å². The van der Waals surface area contributed by atoms with Crippen molar-refractivity contribution >= 4 is 0 Å². The van der Waals surface area contributed by atoms with E-state index < -0.39 is 36.5 Å². The highest BCUT2D eigenvalue weighted by Gasteiger charge is 2.55. The van der Waals surface area contributed by atoms with Gasteiger partial charge < -0.3 is 34.9 Å². The minimum Gasteiger partial charge on any atom is -0.462 e. The number of hydrogen-bond acceptors (Lipinski definition) is 7. The molecule has 0 aromatic heterocycles. The second-order valence-corrected chi connectivity index (χ2v) is 6.58. The summed E-state index contributed by atoms with van der Waals surface area (Å²) in [6.07, 6.45) is -2.95. The summed E-state index contributed by atoms with van der Waals surface area (Å²) in [6, 6.07) is 7.44. The molecule has 1 aromatic rings. The van der Waals surface area contributed by atoms with E-state index in [0.29, 0.717) is 12.3 Å². The summed E-state index contributed by atoms with van der Waals surface area (Å²) in [5.74, 6) is -0.278. The van der Waals surface area contributed by atoms with Gasteiger partial charge in [-0.1, -0.05) is 12.1 Å². The predicted octanol–water partition coefficient (Wildman–Crippen LogP) is 0.165. The maximum absolute atomic E-state index is 10.5. The van der Waals surface area contributed by atoms with Gasteiger partial charge in [0.2, 0.25) is 6.29 Å². The molecule has 0 amide bonds. The monoisotopic (exact) mass is 339 g/mol. The average molecular weight is 339 g/mol. The normalized spacial score (nSPS) is 34.8. The van der Waals surface area contributed by atoms with Gasteiger partial charge in [0.05, 0.1) is 6.61 Å². The van der Waals surface area contributed by atoms with Crippen LogP contribution in [0.4, 0.5) is 0 Å². The van der Waals surface area contributed by atoms with Gasteiger partial charge in [-0.3, -0.25) is 0 Å². The van der Waals surface area contributed by atoms with Gasteiger partial charge in [-0.25, -0.2) is 0 Å². The third-order valence-electron chi connectivity index (χ3n) is 4.24. The minimum atomic E-state index is -1.02. The molecular formula is C17H25NO6. The predicted molar refractivity (Wildman–Crippen MR) is 85.4 cm³/mol. The Morgan fingerprint density at radius 3 is 2.46 bits per heavy atom. The largest absolute Gasteiger partial charge is 0.462 e. The fourth-order valence-corrected chi connectivity index (χ4v) is 3.13. The molecule has 0 radical (unpaired) electrons.